The largest absolute Gasteiger partial charge is 0.411 e. The molecular weight excluding hydrogens is 243 g/mol. The minimum atomic E-state index is -4.24. The highest BCUT2D eigenvalue weighted by Gasteiger charge is 2.27. The van der Waals surface area contributed by atoms with Gasteiger partial charge in [-0.15, -0.1) is 11.6 Å². The van der Waals surface area contributed by atoms with Crippen molar-refractivity contribution < 1.29 is 17.9 Å². The Morgan fingerprint density at radius 3 is 2.38 bits per heavy atom. The van der Waals surface area contributed by atoms with Crippen molar-refractivity contribution in [1.29, 1.82) is 0 Å². The van der Waals surface area contributed by atoms with Crippen LogP contribution >= 0.6 is 11.6 Å². The number of nitrogens with one attached hydrogen (secondary N) is 1. The van der Waals surface area contributed by atoms with Gasteiger partial charge in [-0.25, -0.2) is 0 Å². The van der Waals surface area contributed by atoms with E-state index < -0.39 is 12.8 Å². The van der Waals surface area contributed by atoms with Crippen LogP contribution in [0.5, 0.6) is 0 Å². The van der Waals surface area contributed by atoms with Crippen molar-refractivity contribution in [3.63, 3.8) is 0 Å². The molecule has 0 rings (SSSR count). The van der Waals surface area contributed by atoms with E-state index in [1.807, 2.05) is 0 Å². The molecule has 16 heavy (non-hydrogen) atoms. The van der Waals surface area contributed by atoms with E-state index in [2.05, 4.69) is 23.9 Å². The summed E-state index contributed by atoms with van der Waals surface area (Å²) in [6.07, 6.45) is -3.37. The lowest BCUT2D eigenvalue weighted by molar-refractivity contribution is -0.173. The molecule has 0 fully saturated rings. The fourth-order valence-corrected chi connectivity index (χ4v) is 1.61. The third-order valence-corrected chi connectivity index (χ3v) is 2.25. The monoisotopic (exact) mass is 261 g/mol. The SMILES string of the molecule is CC(C)(CCCl)CNCCOCC(F)(F)F. The zero-order chi connectivity index (χ0) is 12.7. The van der Waals surface area contributed by atoms with Crippen LogP contribution in [-0.4, -0.2) is 38.4 Å². The minimum Gasteiger partial charge on any atom is -0.371 e. The molecule has 0 amide bonds. The first kappa shape index (κ1) is 16.0. The number of hydrogen-bond donors (Lipinski definition) is 1. The van der Waals surface area contributed by atoms with Gasteiger partial charge in [0.2, 0.25) is 0 Å². The summed E-state index contributed by atoms with van der Waals surface area (Å²) in [6.45, 7) is 4.13. The molecule has 2 nitrogen and oxygen atoms in total. The van der Waals surface area contributed by atoms with E-state index in [-0.39, 0.29) is 12.0 Å². The summed E-state index contributed by atoms with van der Waals surface area (Å²) < 4.78 is 39.5. The molecule has 0 heterocycles. The number of hydrogen-bond acceptors (Lipinski definition) is 2. The Hall–Kier alpha value is -0.0000000000000000555. The van der Waals surface area contributed by atoms with Gasteiger partial charge in [-0.3, -0.25) is 0 Å². The van der Waals surface area contributed by atoms with Crippen LogP contribution in [0.25, 0.3) is 0 Å². The molecule has 0 unspecified atom stereocenters. The van der Waals surface area contributed by atoms with Crippen molar-refractivity contribution in [3.8, 4) is 0 Å². The van der Waals surface area contributed by atoms with Gasteiger partial charge in [-0.2, -0.15) is 13.2 Å². The topological polar surface area (TPSA) is 21.3 Å². The number of rotatable bonds is 8. The first-order valence-electron chi connectivity index (χ1n) is 5.18. The summed E-state index contributed by atoms with van der Waals surface area (Å²) in [5, 5.41) is 3.05. The molecule has 0 aliphatic rings. The molecule has 0 bridgehead atoms. The molecule has 0 saturated carbocycles. The second kappa shape index (κ2) is 7.35. The summed E-state index contributed by atoms with van der Waals surface area (Å²) >= 11 is 5.62. The molecule has 0 aromatic carbocycles. The van der Waals surface area contributed by atoms with E-state index in [4.69, 9.17) is 11.6 Å². The predicted molar refractivity (Wildman–Crippen MR) is 58.9 cm³/mol. The first-order chi connectivity index (χ1) is 7.27. The van der Waals surface area contributed by atoms with Crippen molar-refractivity contribution in [2.24, 2.45) is 5.41 Å². The van der Waals surface area contributed by atoms with Crippen molar-refractivity contribution in [1.82, 2.24) is 5.32 Å². The lowest BCUT2D eigenvalue weighted by Crippen LogP contribution is -2.32. The van der Waals surface area contributed by atoms with Crippen LogP contribution < -0.4 is 5.32 Å². The van der Waals surface area contributed by atoms with E-state index in [0.29, 0.717) is 12.4 Å². The Morgan fingerprint density at radius 2 is 1.88 bits per heavy atom. The Balaban J connectivity index is 3.40. The summed E-state index contributed by atoms with van der Waals surface area (Å²) in [5.41, 5.74) is 0.0613. The molecule has 0 radical (unpaired) electrons. The van der Waals surface area contributed by atoms with Gasteiger partial charge < -0.3 is 10.1 Å². The van der Waals surface area contributed by atoms with Crippen LogP contribution in [0.2, 0.25) is 0 Å². The molecule has 0 aromatic heterocycles. The highest BCUT2D eigenvalue weighted by atomic mass is 35.5. The van der Waals surface area contributed by atoms with E-state index in [9.17, 15) is 13.2 Å². The van der Waals surface area contributed by atoms with Crippen LogP contribution in [0.4, 0.5) is 13.2 Å². The molecule has 0 aliphatic heterocycles. The van der Waals surface area contributed by atoms with E-state index in [1.54, 1.807) is 0 Å². The average molecular weight is 262 g/mol. The molecule has 6 heteroatoms. The maximum Gasteiger partial charge on any atom is 0.411 e. The van der Waals surface area contributed by atoms with Crippen molar-refractivity contribution in [2.45, 2.75) is 26.4 Å². The van der Waals surface area contributed by atoms with Crippen molar-refractivity contribution in [3.05, 3.63) is 0 Å². The maximum absolute atomic E-state index is 11.7. The van der Waals surface area contributed by atoms with Gasteiger partial charge >= 0.3 is 6.18 Å². The second-order valence-electron chi connectivity index (χ2n) is 4.45. The Morgan fingerprint density at radius 1 is 1.25 bits per heavy atom. The third kappa shape index (κ3) is 10.5. The summed E-state index contributed by atoms with van der Waals surface area (Å²) in [6, 6.07) is 0. The van der Waals surface area contributed by atoms with Crippen LogP contribution in [-0.2, 0) is 4.74 Å². The molecule has 1 N–H and O–H groups in total. The smallest absolute Gasteiger partial charge is 0.371 e. The molecule has 0 aromatic rings. The zero-order valence-electron chi connectivity index (χ0n) is 9.66. The van der Waals surface area contributed by atoms with Crippen LogP contribution in [0.3, 0.4) is 0 Å². The molecule has 0 atom stereocenters. The van der Waals surface area contributed by atoms with E-state index in [0.717, 1.165) is 13.0 Å². The number of halogens is 4. The Bertz CT molecular complexity index is 185. The van der Waals surface area contributed by atoms with Crippen molar-refractivity contribution in [2.75, 3.05) is 32.2 Å². The number of ether oxygens (including phenoxy) is 1. The maximum atomic E-state index is 11.7. The normalized spacial score (nSPS) is 13.1. The van der Waals surface area contributed by atoms with Crippen LogP contribution in [0, 0.1) is 5.41 Å². The molecular formula is C10H19ClF3NO. The minimum absolute atomic E-state index is 0.0613. The molecule has 0 saturated heterocycles. The highest BCUT2D eigenvalue weighted by molar-refractivity contribution is 6.17. The van der Waals surface area contributed by atoms with Crippen molar-refractivity contribution >= 4 is 11.6 Å². The second-order valence-corrected chi connectivity index (χ2v) is 4.83. The summed E-state index contributed by atoms with van der Waals surface area (Å²) in [4.78, 5) is 0. The lowest BCUT2D eigenvalue weighted by Gasteiger charge is -2.23. The van der Waals surface area contributed by atoms with E-state index in [1.165, 1.54) is 0 Å². The standard InChI is InChI=1S/C10H19ClF3NO/c1-9(2,3-4-11)7-15-5-6-16-8-10(12,13)14/h15H,3-8H2,1-2H3. The van der Waals surface area contributed by atoms with Gasteiger partial charge in [-0.05, 0) is 11.8 Å². The van der Waals surface area contributed by atoms with Crippen LogP contribution in [0.15, 0.2) is 0 Å². The fourth-order valence-electron chi connectivity index (χ4n) is 1.10. The summed E-state index contributed by atoms with van der Waals surface area (Å²) in [5.74, 6) is 0.583. The Kier molecular flexibility index (Phi) is 7.35. The van der Waals surface area contributed by atoms with Gasteiger partial charge in [0.25, 0.3) is 0 Å². The summed E-state index contributed by atoms with van der Waals surface area (Å²) in [7, 11) is 0. The quantitative estimate of drug-likeness (QED) is 0.536. The van der Waals surface area contributed by atoms with Gasteiger partial charge in [0, 0.05) is 19.0 Å². The first-order valence-corrected chi connectivity index (χ1v) is 5.71. The van der Waals surface area contributed by atoms with Gasteiger partial charge in [0.15, 0.2) is 0 Å². The molecule has 0 spiro atoms. The predicted octanol–water partition coefficient (Wildman–Crippen LogP) is 2.81. The Labute approximate surface area is 99.5 Å². The lowest BCUT2D eigenvalue weighted by atomic mass is 9.90. The third-order valence-electron chi connectivity index (χ3n) is 2.06. The zero-order valence-corrected chi connectivity index (χ0v) is 10.4. The van der Waals surface area contributed by atoms with Gasteiger partial charge in [-0.1, -0.05) is 13.8 Å². The fraction of sp³-hybridized carbons (Fsp3) is 1.00. The van der Waals surface area contributed by atoms with Crippen LogP contribution in [0.1, 0.15) is 20.3 Å². The van der Waals surface area contributed by atoms with Gasteiger partial charge in [0.05, 0.1) is 6.61 Å². The molecule has 98 valence electrons. The average Bonchev–Trinajstić information content (AvgIpc) is 2.09. The van der Waals surface area contributed by atoms with Gasteiger partial charge in [0.1, 0.15) is 6.61 Å². The number of alkyl halides is 4. The molecule has 0 aliphatic carbocycles. The highest BCUT2D eigenvalue weighted by Crippen LogP contribution is 2.19. The van der Waals surface area contributed by atoms with E-state index >= 15 is 0 Å².